The fraction of sp³-hybridized carbons (Fsp3) is 0.364. The predicted octanol–water partition coefficient (Wildman–Crippen LogP) is 1.46. The number of likely N-dealkylation sites (N-methyl/N-ethyl adjacent to an activating group) is 1. The van der Waals surface area contributed by atoms with E-state index in [1.54, 1.807) is 19.1 Å². The highest BCUT2D eigenvalue weighted by Crippen LogP contribution is 2.11. The number of nitrogens with two attached hydrogens (primary N) is 1. The summed E-state index contributed by atoms with van der Waals surface area (Å²) in [6.45, 7) is 2.52. The van der Waals surface area contributed by atoms with Gasteiger partial charge in [-0.15, -0.1) is 12.4 Å². The smallest absolute Gasteiger partial charge is 0.243 e. The average Bonchev–Trinajstić information content (AvgIpc) is 2.69. The Hall–Kier alpha value is -2.45. The number of carbonyl (C=O) groups is 2. The number of hydrogen-bond acceptors (Lipinski definition) is 5. The van der Waals surface area contributed by atoms with E-state index in [0.29, 0.717) is 6.42 Å². The standard InChI is InChI=1S/C22H29N3O3.ClH.H2O/c1-16(25(2)14-6-9-17-7-4-3-5-8-17)21(27)24-22(28)20(23)15-18-10-12-19(26)13-11-18;;/h3-5,7-8,10-13,16,20,26H,6,9,14-15,23H2,1-2H3,(H,24,27,28);1H;1H2/t16-,20+;;/m1../s1. The third kappa shape index (κ3) is 8.92. The predicted molar refractivity (Wildman–Crippen MR) is 121 cm³/mol. The maximum atomic E-state index is 12.4. The van der Waals surface area contributed by atoms with E-state index in [1.807, 2.05) is 30.1 Å². The van der Waals surface area contributed by atoms with Gasteiger partial charge in [-0.05, 0) is 63.0 Å². The Bertz CT molecular complexity index is 772. The van der Waals surface area contributed by atoms with Crippen molar-refractivity contribution in [2.24, 2.45) is 5.73 Å². The normalized spacial score (nSPS) is 12.3. The Kier molecular flexibility index (Phi) is 12.6. The second-order valence-electron chi connectivity index (χ2n) is 7.08. The molecule has 30 heavy (non-hydrogen) atoms. The second kappa shape index (κ2) is 13.7. The van der Waals surface area contributed by atoms with Crippen molar-refractivity contribution in [3.63, 3.8) is 0 Å². The van der Waals surface area contributed by atoms with Gasteiger partial charge in [0.2, 0.25) is 11.8 Å². The lowest BCUT2D eigenvalue weighted by Gasteiger charge is -2.24. The van der Waals surface area contributed by atoms with Gasteiger partial charge < -0.3 is 16.3 Å². The summed E-state index contributed by atoms with van der Waals surface area (Å²) in [6, 6.07) is 15.4. The molecule has 8 heteroatoms. The summed E-state index contributed by atoms with van der Waals surface area (Å²) in [5.74, 6) is -0.697. The lowest BCUT2D eigenvalue weighted by molar-refractivity contribution is -0.133. The Morgan fingerprint density at radius 1 is 1.03 bits per heavy atom. The van der Waals surface area contributed by atoms with Crippen LogP contribution in [0.25, 0.3) is 0 Å². The number of phenols is 1. The molecule has 0 aliphatic carbocycles. The van der Waals surface area contributed by atoms with Gasteiger partial charge >= 0.3 is 0 Å². The van der Waals surface area contributed by atoms with Gasteiger partial charge in [-0.2, -0.15) is 0 Å². The molecular weight excluding hydrogens is 406 g/mol. The maximum absolute atomic E-state index is 12.4. The Labute approximate surface area is 184 Å². The van der Waals surface area contributed by atoms with Crippen LogP contribution in [0.2, 0.25) is 0 Å². The molecular formula is C22H32ClN3O4. The van der Waals surface area contributed by atoms with Gasteiger partial charge in [0.15, 0.2) is 0 Å². The van der Waals surface area contributed by atoms with E-state index in [2.05, 4.69) is 17.4 Å². The number of benzene rings is 2. The Balaban J connectivity index is 0.00000420. The van der Waals surface area contributed by atoms with E-state index < -0.39 is 18.0 Å². The maximum Gasteiger partial charge on any atom is 0.243 e. The first-order chi connectivity index (χ1) is 13.4. The van der Waals surface area contributed by atoms with Crippen LogP contribution in [0.4, 0.5) is 0 Å². The van der Waals surface area contributed by atoms with Crippen LogP contribution in [0, 0.1) is 0 Å². The molecule has 2 atom stereocenters. The molecule has 0 aromatic heterocycles. The van der Waals surface area contributed by atoms with Gasteiger partial charge in [0, 0.05) is 0 Å². The van der Waals surface area contributed by atoms with Crippen LogP contribution in [0.3, 0.4) is 0 Å². The largest absolute Gasteiger partial charge is 0.508 e. The highest BCUT2D eigenvalue weighted by Gasteiger charge is 2.23. The summed E-state index contributed by atoms with van der Waals surface area (Å²) >= 11 is 0. The van der Waals surface area contributed by atoms with Crippen LogP contribution < -0.4 is 11.1 Å². The van der Waals surface area contributed by atoms with E-state index in [9.17, 15) is 14.7 Å². The summed E-state index contributed by atoms with van der Waals surface area (Å²) in [7, 11) is 1.87. The molecule has 0 heterocycles. The van der Waals surface area contributed by atoms with Crippen molar-refractivity contribution < 1.29 is 20.2 Å². The molecule has 0 aliphatic heterocycles. The van der Waals surface area contributed by atoms with Crippen LogP contribution in [0.1, 0.15) is 24.5 Å². The third-order valence-corrected chi connectivity index (χ3v) is 4.83. The number of nitrogens with one attached hydrogen (secondary N) is 1. The van der Waals surface area contributed by atoms with Gasteiger partial charge in [0.05, 0.1) is 12.1 Å². The van der Waals surface area contributed by atoms with Crippen molar-refractivity contribution >= 4 is 24.2 Å². The molecule has 2 aromatic rings. The summed E-state index contributed by atoms with van der Waals surface area (Å²) in [5.41, 5.74) is 8.00. The molecule has 2 amide bonds. The number of carbonyl (C=O) groups excluding carboxylic acids is 2. The number of amides is 2. The molecule has 0 fully saturated rings. The molecule has 0 unspecified atom stereocenters. The summed E-state index contributed by atoms with van der Waals surface area (Å²) in [5, 5.41) is 11.7. The van der Waals surface area contributed by atoms with Crippen molar-refractivity contribution in [2.75, 3.05) is 13.6 Å². The highest BCUT2D eigenvalue weighted by molar-refractivity contribution is 5.99. The molecule has 166 valence electrons. The quantitative estimate of drug-likeness (QED) is 0.547. The molecule has 0 aliphatic rings. The van der Waals surface area contributed by atoms with Gasteiger partial charge in [-0.25, -0.2) is 0 Å². The first-order valence-corrected chi connectivity index (χ1v) is 9.49. The van der Waals surface area contributed by atoms with Crippen LogP contribution in [0.5, 0.6) is 5.75 Å². The number of rotatable bonds is 9. The topological polar surface area (TPSA) is 127 Å². The highest BCUT2D eigenvalue weighted by atomic mass is 35.5. The Morgan fingerprint density at radius 2 is 1.63 bits per heavy atom. The number of phenolic OH excluding ortho intramolecular Hbond substituents is 1. The minimum Gasteiger partial charge on any atom is -0.508 e. The summed E-state index contributed by atoms with van der Waals surface area (Å²) < 4.78 is 0. The molecule has 0 radical (unpaired) electrons. The summed E-state index contributed by atoms with van der Waals surface area (Å²) in [6.07, 6.45) is 2.16. The van der Waals surface area contributed by atoms with Gasteiger partial charge in [0.25, 0.3) is 0 Å². The second-order valence-corrected chi connectivity index (χ2v) is 7.08. The molecule has 0 spiro atoms. The molecule has 0 saturated heterocycles. The van der Waals surface area contributed by atoms with Crippen molar-refractivity contribution in [1.82, 2.24) is 10.2 Å². The summed E-state index contributed by atoms with van der Waals surface area (Å²) in [4.78, 5) is 26.5. The molecule has 2 rings (SSSR count). The monoisotopic (exact) mass is 437 g/mol. The number of halogens is 1. The van der Waals surface area contributed by atoms with E-state index in [4.69, 9.17) is 5.73 Å². The number of hydrogen-bond donors (Lipinski definition) is 3. The number of imide groups is 1. The van der Waals surface area contributed by atoms with Crippen LogP contribution in [-0.4, -0.2) is 53.0 Å². The average molecular weight is 438 g/mol. The van der Waals surface area contributed by atoms with E-state index in [-0.39, 0.29) is 29.5 Å². The van der Waals surface area contributed by atoms with Crippen molar-refractivity contribution in [1.29, 1.82) is 0 Å². The van der Waals surface area contributed by atoms with Crippen molar-refractivity contribution in [3.05, 3.63) is 65.7 Å². The minimum absolute atomic E-state index is 0. The SMILES string of the molecule is C[C@H](C(=O)NC(=O)[C@@H](N)Cc1ccc(O)cc1)N(C)CCCc1ccccc1.Cl.O. The number of nitrogens with zero attached hydrogens (tertiary/aromatic N) is 1. The fourth-order valence-electron chi connectivity index (χ4n) is 2.87. The molecule has 0 saturated carbocycles. The number of aromatic hydroxyl groups is 1. The molecule has 7 nitrogen and oxygen atoms in total. The van der Waals surface area contributed by atoms with Crippen molar-refractivity contribution in [2.45, 2.75) is 38.3 Å². The lowest BCUT2D eigenvalue weighted by Crippen LogP contribution is -2.50. The lowest BCUT2D eigenvalue weighted by atomic mass is 10.1. The minimum atomic E-state index is -0.830. The van der Waals surface area contributed by atoms with Gasteiger partial charge in [-0.3, -0.25) is 19.8 Å². The zero-order valence-electron chi connectivity index (χ0n) is 17.4. The first-order valence-electron chi connectivity index (χ1n) is 9.49. The molecule has 2 aromatic carbocycles. The molecule has 6 N–H and O–H groups in total. The number of aryl methyl sites for hydroxylation is 1. The van der Waals surface area contributed by atoms with E-state index in [1.165, 1.54) is 17.7 Å². The van der Waals surface area contributed by atoms with E-state index in [0.717, 1.165) is 24.9 Å². The van der Waals surface area contributed by atoms with E-state index >= 15 is 0 Å². The zero-order valence-corrected chi connectivity index (χ0v) is 18.2. The zero-order chi connectivity index (χ0) is 20.5. The first kappa shape index (κ1) is 27.5. The van der Waals surface area contributed by atoms with Crippen molar-refractivity contribution in [3.8, 4) is 5.75 Å². The van der Waals surface area contributed by atoms with Gasteiger partial charge in [0.1, 0.15) is 5.75 Å². The fourth-order valence-corrected chi connectivity index (χ4v) is 2.87. The third-order valence-electron chi connectivity index (χ3n) is 4.83. The van der Waals surface area contributed by atoms with Crippen LogP contribution >= 0.6 is 12.4 Å². The Morgan fingerprint density at radius 3 is 2.23 bits per heavy atom. The molecule has 0 bridgehead atoms. The van der Waals surface area contributed by atoms with Gasteiger partial charge in [-0.1, -0.05) is 42.5 Å². The van der Waals surface area contributed by atoms with Crippen LogP contribution in [-0.2, 0) is 22.4 Å². The van der Waals surface area contributed by atoms with Crippen LogP contribution in [0.15, 0.2) is 54.6 Å².